The van der Waals surface area contributed by atoms with E-state index in [1.807, 2.05) is 12.3 Å². The molecular weight excluding hydrogens is 186 g/mol. The molecule has 3 heteroatoms. The first-order valence-corrected chi connectivity index (χ1v) is 5.46. The molecule has 0 aliphatic rings. The van der Waals surface area contributed by atoms with E-state index in [1.165, 1.54) is 5.69 Å². The average Bonchev–Trinajstić information content (AvgIpc) is 2.66. The van der Waals surface area contributed by atoms with Crippen LogP contribution in [-0.4, -0.2) is 30.5 Å². The predicted octanol–water partition coefficient (Wildman–Crippen LogP) is 1.99. The van der Waals surface area contributed by atoms with Crippen LogP contribution in [0.25, 0.3) is 0 Å². The summed E-state index contributed by atoms with van der Waals surface area (Å²) in [5.41, 5.74) is 7.23. The number of nitrogens with one attached hydrogen (secondary N) is 1. The molecule has 0 saturated carbocycles. The number of hydrogen-bond donors (Lipinski definition) is 2. The zero-order valence-corrected chi connectivity index (χ0v) is 10.2. The maximum Gasteiger partial charge on any atom is 0.0498 e. The fourth-order valence-electron chi connectivity index (χ4n) is 1.73. The SMILES string of the molecule is CN(C)C(CC(C)(C)CN)c1ccc[nH]1. The van der Waals surface area contributed by atoms with Crippen molar-refractivity contribution in [1.82, 2.24) is 9.88 Å². The first kappa shape index (κ1) is 12.3. The second-order valence-corrected chi connectivity index (χ2v) is 5.18. The Balaban J connectivity index is 2.77. The third-order valence-electron chi connectivity index (χ3n) is 2.90. The van der Waals surface area contributed by atoms with Crippen molar-refractivity contribution < 1.29 is 0 Å². The van der Waals surface area contributed by atoms with Crippen molar-refractivity contribution in [3.8, 4) is 0 Å². The van der Waals surface area contributed by atoms with E-state index in [4.69, 9.17) is 5.73 Å². The minimum absolute atomic E-state index is 0.181. The Morgan fingerprint density at radius 3 is 2.53 bits per heavy atom. The van der Waals surface area contributed by atoms with E-state index in [-0.39, 0.29) is 5.41 Å². The van der Waals surface area contributed by atoms with Gasteiger partial charge in [0.2, 0.25) is 0 Å². The van der Waals surface area contributed by atoms with E-state index in [2.05, 4.69) is 43.9 Å². The highest BCUT2D eigenvalue weighted by Gasteiger charge is 2.24. The quantitative estimate of drug-likeness (QED) is 0.779. The first-order chi connectivity index (χ1) is 6.96. The fourth-order valence-corrected chi connectivity index (χ4v) is 1.73. The van der Waals surface area contributed by atoms with Crippen LogP contribution in [-0.2, 0) is 0 Å². The molecule has 0 fully saturated rings. The van der Waals surface area contributed by atoms with Gasteiger partial charge in [-0.3, -0.25) is 0 Å². The number of H-pyrrole nitrogens is 1. The topological polar surface area (TPSA) is 45.0 Å². The standard InChI is InChI=1S/C12H23N3/c1-12(2,9-13)8-11(15(3)4)10-6-5-7-14-10/h5-7,11,14H,8-9,13H2,1-4H3. The van der Waals surface area contributed by atoms with E-state index >= 15 is 0 Å². The summed E-state index contributed by atoms with van der Waals surface area (Å²) in [6.45, 7) is 5.15. The van der Waals surface area contributed by atoms with Crippen LogP contribution in [0.3, 0.4) is 0 Å². The van der Waals surface area contributed by atoms with Crippen LogP contribution < -0.4 is 5.73 Å². The molecule has 0 aliphatic carbocycles. The first-order valence-electron chi connectivity index (χ1n) is 5.46. The second kappa shape index (κ2) is 4.81. The van der Waals surface area contributed by atoms with Crippen molar-refractivity contribution in [2.45, 2.75) is 26.3 Å². The Bertz CT molecular complexity index is 275. The Labute approximate surface area is 92.7 Å². The Kier molecular flexibility index (Phi) is 3.94. The molecule has 15 heavy (non-hydrogen) atoms. The normalized spacial score (nSPS) is 14.5. The summed E-state index contributed by atoms with van der Waals surface area (Å²) < 4.78 is 0. The Morgan fingerprint density at radius 2 is 2.13 bits per heavy atom. The highest BCUT2D eigenvalue weighted by atomic mass is 15.1. The van der Waals surface area contributed by atoms with Gasteiger partial charge in [-0.05, 0) is 44.6 Å². The van der Waals surface area contributed by atoms with Gasteiger partial charge in [0.25, 0.3) is 0 Å². The van der Waals surface area contributed by atoms with Crippen molar-refractivity contribution in [3.63, 3.8) is 0 Å². The molecule has 0 saturated heterocycles. The molecular formula is C12H23N3. The van der Waals surface area contributed by atoms with Gasteiger partial charge in [-0.15, -0.1) is 0 Å². The molecule has 3 nitrogen and oxygen atoms in total. The summed E-state index contributed by atoms with van der Waals surface area (Å²) in [5, 5.41) is 0. The van der Waals surface area contributed by atoms with Crippen molar-refractivity contribution >= 4 is 0 Å². The van der Waals surface area contributed by atoms with Gasteiger partial charge in [-0.25, -0.2) is 0 Å². The summed E-state index contributed by atoms with van der Waals surface area (Å²) in [4.78, 5) is 5.52. The largest absolute Gasteiger partial charge is 0.364 e. The summed E-state index contributed by atoms with van der Waals surface area (Å²) in [6, 6.07) is 4.59. The number of aromatic nitrogens is 1. The molecule has 0 amide bonds. The van der Waals surface area contributed by atoms with Crippen molar-refractivity contribution in [1.29, 1.82) is 0 Å². The van der Waals surface area contributed by atoms with Gasteiger partial charge in [-0.2, -0.15) is 0 Å². The van der Waals surface area contributed by atoms with Crippen molar-refractivity contribution in [3.05, 3.63) is 24.0 Å². The van der Waals surface area contributed by atoms with Gasteiger partial charge in [0.05, 0.1) is 0 Å². The second-order valence-electron chi connectivity index (χ2n) is 5.18. The molecule has 86 valence electrons. The fraction of sp³-hybridized carbons (Fsp3) is 0.667. The molecule has 0 bridgehead atoms. The lowest BCUT2D eigenvalue weighted by atomic mass is 9.84. The third kappa shape index (κ3) is 3.36. The summed E-state index contributed by atoms with van der Waals surface area (Å²) in [6.07, 6.45) is 3.04. The maximum absolute atomic E-state index is 5.78. The molecule has 0 aromatic carbocycles. The molecule has 0 spiro atoms. The van der Waals surface area contributed by atoms with E-state index in [9.17, 15) is 0 Å². The monoisotopic (exact) mass is 209 g/mol. The lowest BCUT2D eigenvalue weighted by Crippen LogP contribution is -2.31. The zero-order chi connectivity index (χ0) is 11.5. The number of nitrogens with two attached hydrogens (primary N) is 1. The molecule has 1 aromatic heterocycles. The van der Waals surface area contributed by atoms with Crippen LogP contribution in [0, 0.1) is 5.41 Å². The molecule has 0 radical (unpaired) electrons. The highest BCUT2D eigenvalue weighted by molar-refractivity contribution is 5.09. The molecule has 1 unspecified atom stereocenters. The van der Waals surface area contributed by atoms with Crippen LogP contribution in [0.15, 0.2) is 18.3 Å². The van der Waals surface area contributed by atoms with E-state index < -0.39 is 0 Å². The van der Waals surface area contributed by atoms with Gasteiger partial charge >= 0.3 is 0 Å². The minimum Gasteiger partial charge on any atom is -0.364 e. The van der Waals surface area contributed by atoms with Gasteiger partial charge in [0.1, 0.15) is 0 Å². The van der Waals surface area contributed by atoms with E-state index in [0.29, 0.717) is 6.04 Å². The summed E-state index contributed by atoms with van der Waals surface area (Å²) >= 11 is 0. The van der Waals surface area contributed by atoms with Crippen LogP contribution in [0.2, 0.25) is 0 Å². The third-order valence-corrected chi connectivity index (χ3v) is 2.90. The van der Waals surface area contributed by atoms with Crippen molar-refractivity contribution in [2.75, 3.05) is 20.6 Å². The van der Waals surface area contributed by atoms with E-state index in [0.717, 1.165) is 13.0 Å². The Hall–Kier alpha value is -0.800. The predicted molar refractivity (Wildman–Crippen MR) is 64.7 cm³/mol. The zero-order valence-electron chi connectivity index (χ0n) is 10.2. The summed E-state index contributed by atoms with van der Waals surface area (Å²) in [7, 11) is 4.22. The van der Waals surface area contributed by atoms with Crippen LogP contribution in [0.1, 0.15) is 32.0 Å². The molecule has 0 aliphatic heterocycles. The van der Waals surface area contributed by atoms with Gasteiger partial charge in [0, 0.05) is 17.9 Å². The molecule has 3 N–H and O–H groups in total. The molecule has 1 rings (SSSR count). The van der Waals surface area contributed by atoms with Gasteiger partial charge < -0.3 is 15.6 Å². The maximum atomic E-state index is 5.78. The Morgan fingerprint density at radius 1 is 1.47 bits per heavy atom. The smallest absolute Gasteiger partial charge is 0.0498 e. The van der Waals surface area contributed by atoms with Gasteiger partial charge in [0.15, 0.2) is 0 Å². The van der Waals surface area contributed by atoms with Crippen LogP contribution >= 0.6 is 0 Å². The summed E-state index contributed by atoms with van der Waals surface area (Å²) in [5.74, 6) is 0. The number of aromatic amines is 1. The van der Waals surface area contributed by atoms with E-state index in [1.54, 1.807) is 0 Å². The average molecular weight is 209 g/mol. The number of hydrogen-bond acceptors (Lipinski definition) is 2. The lowest BCUT2D eigenvalue weighted by molar-refractivity contribution is 0.199. The van der Waals surface area contributed by atoms with Crippen LogP contribution in [0.5, 0.6) is 0 Å². The minimum atomic E-state index is 0.181. The molecule has 1 atom stereocenters. The molecule has 1 heterocycles. The lowest BCUT2D eigenvalue weighted by Gasteiger charge is -2.32. The van der Waals surface area contributed by atoms with Crippen molar-refractivity contribution in [2.24, 2.45) is 11.1 Å². The number of nitrogens with zero attached hydrogens (tertiary/aromatic N) is 1. The molecule has 1 aromatic rings. The number of rotatable bonds is 5. The highest BCUT2D eigenvalue weighted by Crippen LogP contribution is 2.31. The van der Waals surface area contributed by atoms with Gasteiger partial charge in [-0.1, -0.05) is 13.8 Å². The van der Waals surface area contributed by atoms with Crippen LogP contribution in [0.4, 0.5) is 0 Å².